The average Bonchev–Trinajstić information content (AvgIpc) is 3.21. The number of anilines is 1. The van der Waals surface area contributed by atoms with Crippen molar-refractivity contribution in [2.45, 2.75) is 37.8 Å². The van der Waals surface area contributed by atoms with Gasteiger partial charge in [0.2, 0.25) is 0 Å². The summed E-state index contributed by atoms with van der Waals surface area (Å²) in [6.07, 6.45) is 4.64. The minimum atomic E-state index is -0.740. The third-order valence-corrected chi connectivity index (χ3v) is 4.96. The Bertz CT molecular complexity index is 880. The Morgan fingerprint density at radius 3 is 2.67 bits per heavy atom. The lowest BCUT2D eigenvalue weighted by molar-refractivity contribution is -0.0837. The Labute approximate surface area is 173 Å². The number of halogens is 1. The first-order valence-corrected chi connectivity index (χ1v) is 9.62. The van der Waals surface area contributed by atoms with Gasteiger partial charge in [0.25, 0.3) is 11.8 Å². The highest BCUT2D eigenvalue weighted by atomic mass is 19.1. The van der Waals surface area contributed by atoms with Crippen LogP contribution in [0.1, 0.15) is 46.5 Å². The fourth-order valence-corrected chi connectivity index (χ4v) is 3.43. The summed E-state index contributed by atoms with van der Waals surface area (Å²) in [4.78, 5) is 25.2. The molecule has 0 aliphatic heterocycles. The number of carbonyl (C=O) groups excluding carboxylic acids is 2. The van der Waals surface area contributed by atoms with Gasteiger partial charge in [0, 0.05) is 19.3 Å². The number of hydrogen-bond donors (Lipinski definition) is 3. The van der Waals surface area contributed by atoms with Crippen LogP contribution in [0.4, 0.5) is 10.1 Å². The molecule has 1 heterocycles. The molecule has 0 saturated heterocycles. The van der Waals surface area contributed by atoms with E-state index >= 15 is 0 Å². The first-order chi connectivity index (χ1) is 14.5. The summed E-state index contributed by atoms with van der Waals surface area (Å²) >= 11 is 0. The molecule has 2 amide bonds. The molecule has 162 valence electrons. The third kappa shape index (κ3) is 5.14. The zero-order valence-electron chi connectivity index (χ0n) is 16.9. The molecule has 0 unspecified atom stereocenters. The standard InChI is InChI=1S/C20H25FN4O5/c1-28-11-30-13-8-6-12(7-9-13)23-20(27)18-15(10-22-25-18)24-19(26)17-14(21)4-3-5-16(17)29-2/h3-5,10,12-13H,6-9,11H2,1-2H3,(H,22,25)(H,23,27)(H,24,26). The Balaban J connectivity index is 1.62. The zero-order valence-corrected chi connectivity index (χ0v) is 16.9. The van der Waals surface area contributed by atoms with E-state index in [1.54, 1.807) is 7.11 Å². The Morgan fingerprint density at radius 1 is 1.20 bits per heavy atom. The molecular formula is C20H25FN4O5. The van der Waals surface area contributed by atoms with Crippen molar-refractivity contribution in [1.82, 2.24) is 15.5 Å². The van der Waals surface area contributed by atoms with Crippen LogP contribution in [0.5, 0.6) is 5.75 Å². The van der Waals surface area contributed by atoms with Gasteiger partial charge in [-0.25, -0.2) is 4.39 Å². The summed E-state index contributed by atoms with van der Waals surface area (Å²) in [5.41, 5.74) is -0.0710. The fourth-order valence-electron chi connectivity index (χ4n) is 3.43. The number of benzene rings is 1. The lowest BCUT2D eigenvalue weighted by atomic mass is 9.93. The molecule has 0 radical (unpaired) electrons. The van der Waals surface area contributed by atoms with Crippen LogP contribution in [0.25, 0.3) is 0 Å². The number of hydrogen-bond acceptors (Lipinski definition) is 6. The molecule has 30 heavy (non-hydrogen) atoms. The molecule has 10 heteroatoms. The van der Waals surface area contributed by atoms with E-state index in [-0.39, 0.29) is 41.6 Å². The predicted molar refractivity (Wildman–Crippen MR) is 106 cm³/mol. The first-order valence-electron chi connectivity index (χ1n) is 9.62. The van der Waals surface area contributed by atoms with Gasteiger partial charge < -0.3 is 24.8 Å². The molecule has 1 aliphatic rings. The van der Waals surface area contributed by atoms with Crippen molar-refractivity contribution in [3.8, 4) is 5.75 Å². The topological polar surface area (TPSA) is 115 Å². The van der Waals surface area contributed by atoms with Crippen LogP contribution >= 0.6 is 0 Å². The molecule has 1 fully saturated rings. The molecule has 3 N–H and O–H groups in total. The maximum atomic E-state index is 14.1. The highest BCUT2D eigenvalue weighted by Crippen LogP contribution is 2.24. The van der Waals surface area contributed by atoms with Gasteiger partial charge in [0.15, 0.2) is 5.69 Å². The minimum Gasteiger partial charge on any atom is -0.496 e. The van der Waals surface area contributed by atoms with Crippen molar-refractivity contribution in [3.63, 3.8) is 0 Å². The lowest BCUT2D eigenvalue weighted by Crippen LogP contribution is -2.39. The van der Waals surface area contributed by atoms with E-state index < -0.39 is 17.6 Å². The van der Waals surface area contributed by atoms with Gasteiger partial charge in [-0.05, 0) is 37.8 Å². The molecule has 0 spiro atoms. The van der Waals surface area contributed by atoms with Gasteiger partial charge in [0.1, 0.15) is 23.9 Å². The second kappa shape index (κ2) is 10.2. The minimum absolute atomic E-state index is 0.0215. The smallest absolute Gasteiger partial charge is 0.274 e. The van der Waals surface area contributed by atoms with Gasteiger partial charge in [-0.15, -0.1) is 0 Å². The quantitative estimate of drug-likeness (QED) is 0.565. The number of carbonyl (C=O) groups is 2. The van der Waals surface area contributed by atoms with E-state index in [4.69, 9.17) is 14.2 Å². The van der Waals surface area contributed by atoms with Gasteiger partial charge >= 0.3 is 0 Å². The molecule has 3 rings (SSSR count). The van der Waals surface area contributed by atoms with Crippen molar-refractivity contribution < 1.29 is 28.2 Å². The Hall–Kier alpha value is -2.98. The van der Waals surface area contributed by atoms with Crippen LogP contribution in [-0.4, -0.2) is 55.2 Å². The summed E-state index contributed by atoms with van der Waals surface area (Å²) in [6.45, 7) is 0.255. The number of rotatable bonds is 8. The number of nitrogens with zero attached hydrogens (tertiary/aromatic N) is 1. The number of amides is 2. The maximum absolute atomic E-state index is 14.1. The van der Waals surface area contributed by atoms with Crippen LogP contribution in [0, 0.1) is 5.82 Å². The average molecular weight is 420 g/mol. The number of methoxy groups -OCH3 is 2. The van der Waals surface area contributed by atoms with Gasteiger partial charge in [-0.2, -0.15) is 5.10 Å². The first kappa shape index (κ1) is 21.7. The normalized spacial score (nSPS) is 18.6. The highest BCUT2D eigenvalue weighted by Gasteiger charge is 2.26. The fraction of sp³-hybridized carbons (Fsp3) is 0.450. The van der Waals surface area contributed by atoms with Gasteiger partial charge in [0.05, 0.1) is 18.9 Å². The van der Waals surface area contributed by atoms with Crippen LogP contribution in [0.15, 0.2) is 24.4 Å². The summed E-state index contributed by atoms with van der Waals surface area (Å²) in [5, 5.41) is 11.9. The monoisotopic (exact) mass is 420 g/mol. The molecule has 0 atom stereocenters. The second-order valence-electron chi connectivity index (χ2n) is 6.94. The van der Waals surface area contributed by atoms with Crippen molar-refractivity contribution in [1.29, 1.82) is 0 Å². The number of H-pyrrole nitrogens is 1. The third-order valence-electron chi connectivity index (χ3n) is 4.96. The summed E-state index contributed by atoms with van der Waals surface area (Å²) in [5.74, 6) is -1.80. The van der Waals surface area contributed by atoms with Crippen molar-refractivity contribution in [2.75, 3.05) is 26.3 Å². The van der Waals surface area contributed by atoms with Crippen molar-refractivity contribution >= 4 is 17.5 Å². The molecule has 1 saturated carbocycles. The number of nitrogens with one attached hydrogen (secondary N) is 3. The predicted octanol–water partition coefficient (Wildman–Crippen LogP) is 2.47. The SMILES string of the molecule is COCOC1CCC(NC(=O)c2n[nH]cc2NC(=O)c2c(F)cccc2OC)CC1. The van der Waals surface area contributed by atoms with E-state index in [2.05, 4.69) is 20.8 Å². The van der Waals surface area contributed by atoms with E-state index in [1.165, 1.54) is 25.4 Å². The summed E-state index contributed by atoms with van der Waals surface area (Å²) < 4.78 is 29.7. The number of aromatic amines is 1. The van der Waals surface area contributed by atoms with Gasteiger partial charge in [-0.3, -0.25) is 14.7 Å². The van der Waals surface area contributed by atoms with Crippen molar-refractivity contribution in [3.05, 3.63) is 41.5 Å². The molecular weight excluding hydrogens is 395 g/mol. The Kier molecular flexibility index (Phi) is 7.36. The summed E-state index contributed by atoms with van der Waals surface area (Å²) in [6, 6.07) is 4.06. The zero-order chi connectivity index (χ0) is 21.5. The van der Waals surface area contributed by atoms with Crippen LogP contribution < -0.4 is 15.4 Å². The maximum Gasteiger partial charge on any atom is 0.274 e. The molecule has 9 nitrogen and oxygen atoms in total. The lowest BCUT2D eigenvalue weighted by Gasteiger charge is -2.28. The van der Waals surface area contributed by atoms with Crippen LogP contribution in [0.2, 0.25) is 0 Å². The molecule has 1 aliphatic carbocycles. The second-order valence-corrected chi connectivity index (χ2v) is 6.94. The highest BCUT2D eigenvalue weighted by molar-refractivity contribution is 6.09. The van der Waals surface area contributed by atoms with E-state index in [0.717, 1.165) is 31.7 Å². The van der Waals surface area contributed by atoms with E-state index in [1.807, 2.05) is 0 Å². The molecule has 2 aromatic rings. The number of ether oxygens (including phenoxy) is 3. The van der Waals surface area contributed by atoms with E-state index in [9.17, 15) is 14.0 Å². The molecule has 0 bridgehead atoms. The number of aromatic nitrogens is 2. The van der Waals surface area contributed by atoms with E-state index in [0.29, 0.717) is 0 Å². The Morgan fingerprint density at radius 2 is 1.97 bits per heavy atom. The van der Waals surface area contributed by atoms with Crippen molar-refractivity contribution in [2.24, 2.45) is 0 Å². The largest absolute Gasteiger partial charge is 0.496 e. The molecule has 1 aromatic heterocycles. The van der Waals surface area contributed by atoms with Gasteiger partial charge in [-0.1, -0.05) is 6.07 Å². The summed E-state index contributed by atoms with van der Waals surface area (Å²) in [7, 11) is 2.92. The van der Waals surface area contributed by atoms with Crippen LogP contribution in [0.3, 0.4) is 0 Å². The molecule has 1 aromatic carbocycles. The van der Waals surface area contributed by atoms with Crippen LogP contribution in [-0.2, 0) is 9.47 Å².